The average molecular weight is 272 g/mol. The van der Waals surface area contributed by atoms with Crippen LogP contribution >= 0.6 is 0 Å². The van der Waals surface area contributed by atoms with Crippen LogP contribution in [0.4, 0.5) is 0 Å². The van der Waals surface area contributed by atoms with Crippen molar-refractivity contribution in [1.82, 2.24) is 0 Å². The van der Waals surface area contributed by atoms with Gasteiger partial charge in [-0.2, -0.15) is 0 Å². The first-order valence-electron chi connectivity index (χ1n) is 9.07. The summed E-state index contributed by atoms with van der Waals surface area (Å²) in [6.45, 7) is 3.72. The van der Waals surface area contributed by atoms with Crippen LogP contribution in [0.15, 0.2) is 11.8 Å². The zero-order valence-electron chi connectivity index (χ0n) is 12.9. The summed E-state index contributed by atoms with van der Waals surface area (Å²) in [5.41, 5.74) is 1.22. The summed E-state index contributed by atoms with van der Waals surface area (Å²) in [6, 6.07) is 0. The van der Waals surface area contributed by atoms with Crippen molar-refractivity contribution in [2.24, 2.45) is 34.5 Å². The van der Waals surface area contributed by atoms with E-state index in [-0.39, 0.29) is 0 Å². The number of hydrogen-bond acceptors (Lipinski definition) is 1. The SMILES string of the molecule is C[C@]12CCCCC1CC[C@H]1[C@@H]3CC=C4OC[C@@]43CC[C@@H]12. The molecule has 1 nitrogen and oxygen atoms in total. The van der Waals surface area contributed by atoms with Crippen molar-refractivity contribution in [3.05, 3.63) is 11.8 Å². The van der Waals surface area contributed by atoms with Crippen molar-refractivity contribution in [1.29, 1.82) is 0 Å². The van der Waals surface area contributed by atoms with Gasteiger partial charge in [0.05, 0.1) is 5.41 Å². The molecular weight excluding hydrogens is 244 g/mol. The largest absolute Gasteiger partial charge is 0.496 e. The molecule has 1 spiro atoms. The van der Waals surface area contributed by atoms with Crippen molar-refractivity contribution < 1.29 is 4.74 Å². The molecule has 1 heterocycles. The predicted octanol–water partition coefficient (Wildman–Crippen LogP) is 4.92. The minimum atomic E-state index is 0.527. The van der Waals surface area contributed by atoms with Gasteiger partial charge in [-0.1, -0.05) is 19.8 Å². The first-order chi connectivity index (χ1) is 9.74. The van der Waals surface area contributed by atoms with Gasteiger partial charge in [0.2, 0.25) is 0 Å². The molecular formula is C19H28O. The van der Waals surface area contributed by atoms with Gasteiger partial charge in [-0.3, -0.25) is 0 Å². The van der Waals surface area contributed by atoms with Crippen LogP contribution in [0.5, 0.6) is 0 Å². The highest BCUT2D eigenvalue weighted by Gasteiger charge is 2.63. The molecule has 5 aliphatic rings. The second-order valence-corrected chi connectivity index (χ2v) is 8.69. The van der Waals surface area contributed by atoms with E-state index in [0.29, 0.717) is 10.8 Å². The summed E-state index contributed by atoms with van der Waals surface area (Å²) in [5, 5.41) is 0. The molecule has 1 saturated heterocycles. The Balaban J connectivity index is 1.49. The van der Waals surface area contributed by atoms with Gasteiger partial charge in [0.15, 0.2) is 0 Å². The summed E-state index contributed by atoms with van der Waals surface area (Å²) in [6.07, 6.45) is 15.8. The van der Waals surface area contributed by atoms with Crippen molar-refractivity contribution >= 4 is 0 Å². The standard InChI is InChI=1S/C19H28O/c1-18-10-3-2-4-13(18)5-6-14-15(18)9-11-19-12-20-17(19)8-7-16(14)19/h8,13-16H,2-7,9-12H2,1H3/t13?,14-,15+,16+,18+,19-/m1/s1. The fourth-order valence-electron chi connectivity index (χ4n) is 7.23. The number of ether oxygens (including phenoxy) is 1. The number of rotatable bonds is 0. The van der Waals surface area contributed by atoms with Crippen molar-refractivity contribution in [2.75, 3.05) is 6.61 Å². The number of allylic oxidation sites excluding steroid dienone is 1. The average Bonchev–Trinajstić information content (AvgIpc) is 2.70. The van der Waals surface area contributed by atoms with Gasteiger partial charge in [0.1, 0.15) is 12.4 Å². The molecule has 0 aromatic heterocycles. The molecule has 4 aliphatic carbocycles. The summed E-state index contributed by atoms with van der Waals surface area (Å²) >= 11 is 0. The van der Waals surface area contributed by atoms with Gasteiger partial charge in [0, 0.05) is 0 Å². The maximum absolute atomic E-state index is 5.79. The van der Waals surface area contributed by atoms with E-state index in [9.17, 15) is 0 Å². The van der Waals surface area contributed by atoms with Gasteiger partial charge in [-0.25, -0.2) is 0 Å². The third kappa shape index (κ3) is 1.27. The Kier molecular flexibility index (Phi) is 2.33. The molecule has 1 heteroatoms. The first kappa shape index (κ1) is 12.1. The number of fused-ring (bicyclic) bond motifs is 4. The van der Waals surface area contributed by atoms with E-state index < -0.39 is 0 Å². The highest BCUT2D eigenvalue weighted by molar-refractivity contribution is 5.27. The molecule has 1 aliphatic heterocycles. The molecule has 0 aromatic rings. The van der Waals surface area contributed by atoms with Gasteiger partial charge in [0.25, 0.3) is 0 Å². The lowest BCUT2D eigenvalue weighted by molar-refractivity contribution is -0.158. The van der Waals surface area contributed by atoms with Crippen LogP contribution in [-0.4, -0.2) is 6.61 Å². The smallest absolute Gasteiger partial charge is 0.102 e. The lowest BCUT2D eigenvalue weighted by Gasteiger charge is -2.62. The van der Waals surface area contributed by atoms with E-state index in [4.69, 9.17) is 4.74 Å². The molecule has 6 atom stereocenters. The maximum Gasteiger partial charge on any atom is 0.102 e. The molecule has 4 fully saturated rings. The van der Waals surface area contributed by atoms with E-state index in [1.54, 1.807) is 0 Å². The van der Waals surface area contributed by atoms with Crippen LogP contribution in [0, 0.1) is 34.5 Å². The number of hydrogen-bond donors (Lipinski definition) is 0. The quantitative estimate of drug-likeness (QED) is 0.608. The van der Waals surface area contributed by atoms with Gasteiger partial charge in [-0.15, -0.1) is 0 Å². The fraction of sp³-hybridized carbons (Fsp3) is 0.895. The van der Waals surface area contributed by atoms with Gasteiger partial charge >= 0.3 is 0 Å². The van der Waals surface area contributed by atoms with Gasteiger partial charge in [-0.05, 0) is 80.1 Å². The molecule has 0 bridgehead atoms. The monoisotopic (exact) mass is 272 g/mol. The Morgan fingerprint density at radius 3 is 2.85 bits per heavy atom. The molecule has 3 saturated carbocycles. The first-order valence-corrected chi connectivity index (χ1v) is 9.07. The lowest BCUT2D eigenvalue weighted by Crippen LogP contribution is -2.56. The van der Waals surface area contributed by atoms with E-state index in [2.05, 4.69) is 13.0 Å². The topological polar surface area (TPSA) is 9.23 Å². The third-order valence-electron chi connectivity index (χ3n) is 8.32. The molecule has 20 heavy (non-hydrogen) atoms. The van der Waals surface area contributed by atoms with Crippen LogP contribution in [0.3, 0.4) is 0 Å². The molecule has 0 amide bonds. The highest BCUT2D eigenvalue weighted by atomic mass is 16.5. The molecule has 1 unspecified atom stereocenters. The Labute approximate surface area is 123 Å². The Hall–Kier alpha value is -0.460. The zero-order valence-corrected chi connectivity index (χ0v) is 12.9. The highest BCUT2D eigenvalue weighted by Crippen LogP contribution is 2.68. The predicted molar refractivity (Wildman–Crippen MR) is 80.1 cm³/mol. The van der Waals surface area contributed by atoms with Gasteiger partial charge < -0.3 is 4.74 Å². The fourth-order valence-corrected chi connectivity index (χ4v) is 7.23. The molecule has 0 radical (unpaired) electrons. The van der Waals surface area contributed by atoms with Crippen molar-refractivity contribution in [2.45, 2.75) is 64.7 Å². The van der Waals surface area contributed by atoms with E-state index >= 15 is 0 Å². The van der Waals surface area contributed by atoms with Crippen molar-refractivity contribution in [3.8, 4) is 0 Å². The second-order valence-electron chi connectivity index (χ2n) is 8.69. The van der Waals surface area contributed by atoms with Crippen LogP contribution in [0.1, 0.15) is 64.7 Å². The Morgan fingerprint density at radius 2 is 2.00 bits per heavy atom. The summed E-state index contributed by atoms with van der Waals surface area (Å²) in [7, 11) is 0. The van der Waals surface area contributed by atoms with Crippen LogP contribution in [0.25, 0.3) is 0 Å². The molecule has 110 valence electrons. The second kappa shape index (κ2) is 3.84. The van der Waals surface area contributed by atoms with E-state index in [1.807, 2.05) is 0 Å². The third-order valence-corrected chi connectivity index (χ3v) is 8.32. The maximum atomic E-state index is 5.79. The zero-order chi connectivity index (χ0) is 13.4. The van der Waals surface area contributed by atoms with Crippen LogP contribution < -0.4 is 0 Å². The minimum absolute atomic E-state index is 0.527. The van der Waals surface area contributed by atoms with Crippen molar-refractivity contribution in [3.63, 3.8) is 0 Å². The normalized spacial score (nSPS) is 56.4. The molecule has 5 rings (SSSR count). The van der Waals surface area contributed by atoms with Crippen LogP contribution in [0.2, 0.25) is 0 Å². The summed E-state index contributed by atoms with van der Waals surface area (Å²) < 4.78 is 5.79. The van der Waals surface area contributed by atoms with Crippen LogP contribution in [-0.2, 0) is 4.74 Å². The Morgan fingerprint density at radius 1 is 1.05 bits per heavy atom. The minimum Gasteiger partial charge on any atom is -0.496 e. The lowest BCUT2D eigenvalue weighted by atomic mass is 9.44. The summed E-state index contributed by atoms with van der Waals surface area (Å²) in [4.78, 5) is 0. The Bertz CT molecular complexity index is 466. The van der Waals surface area contributed by atoms with E-state index in [1.165, 1.54) is 63.5 Å². The summed E-state index contributed by atoms with van der Waals surface area (Å²) in [5.74, 6) is 5.45. The van der Waals surface area contributed by atoms with E-state index in [0.717, 1.165) is 30.3 Å². The molecule has 0 N–H and O–H groups in total. The molecule has 0 aromatic carbocycles.